The Morgan fingerprint density at radius 2 is 2.50 bits per heavy atom. The molecule has 0 aliphatic heterocycles. The second-order valence-electron chi connectivity index (χ2n) is 3.44. The van der Waals surface area contributed by atoms with Crippen LogP contribution in [0.3, 0.4) is 0 Å². The Balaban J connectivity index is 1.82. The van der Waals surface area contributed by atoms with E-state index < -0.39 is 0 Å². The monoisotopic (exact) mass is 182 g/mol. The molecule has 0 spiro atoms. The molecule has 0 bridgehead atoms. The van der Waals surface area contributed by atoms with Gasteiger partial charge in [-0.25, -0.2) is 4.98 Å². The fourth-order valence-corrected chi connectivity index (χ4v) is 1.80. The van der Waals surface area contributed by atoms with E-state index in [9.17, 15) is 0 Å². The lowest BCUT2D eigenvalue weighted by Crippen LogP contribution is -2.32. The van der Waals surface area contributed by atoms with Gasteiger partial charge in [0.1, 0.15) is 0 Å². The summed E-state index contributed by atoms with van der Waals surface area (Å²) in [5, 5.41) is 2.69. The average molecular weight is 182 g/mol. The van der Waals surface area contributed by atoms with E-state index in [4.69, 9.17) is 4.74 Å². The van der Waals surface area contributed by atoms with Crippen molar-refractivity contribution in [3.8, 4) is 5.19 Å². The lowest BCUT2D eigenvalue weighted by Gasteiger charge is -2.37. The Bertz CT molecular complexity index is 241. The highest BCUT2D eigenvalue weighted by Gasteiger charge is 2.32. The SMILES string of the molecule is [CH2]C1(COc2nccs2)CCC1. The van der Waals surface area contributed by atoms with Crippen molar-refractivity contribution in [1.29, 1.82) is 0 Å². The predicted molar refractivity (Wildman–Crippen MR) is 49.3 cm³/mol. The predicted octanol–water partition coefficient (Wildman–Crippen LogP) is 2.53. The van der Waals surface area contributed by atoms with Gasteiger partial charge in [0, 0.05) is 17.0 Å². The van der Waals surface area contributed by atoms with E-state index in [1.165, 1.54) is 30.6 Å². The van der Waals surface area contributed by atoms with Gasteiger partial charge in [-0.1, -0.05) is 17.8 Å². The Hall–Kier alpha value is -0.570. The van der Waals surface area contributed by atoms with Crippen molar-refractivity contribution in [2.75, 3.05) is 6.61 Å². The van der Waals surface area contributed by atoms with Gasteiger partial charge in [0.15, 0.2) is 0 Å². The lowest BCUT2D eigenvalue weighted by atomic mass is 9.71. The summed E-state index contributed by atoms with van der Waals surface area (Å²) < 4.78 is 5.50. The topological polar surface area (TPSA) is 22.1 Å². The Labute approximate surface area is 76.6 Å². The van der Waals surface area contributed by atoms with Crippen molar-refractivity contribution in [2.24, 2.45) is 5.41 Å². The number of hydrogen-bond acceptors (Lipinski definition) is 3. The molecule has 1 radical (unpaired) electrons. The van der Waals surface area contributed by atoms with E-state index in [1.807, 2.05) is 5.38 Å². The molecule has 12 heavy (non-hydrogen) atoms. The molecule has 0 atom stereocenters. The lowest BCUT2D eigenvalue weighted by molar-refractivity contribution is 0.104. The van der Waals surface area contributed by atoms with Crippen molar-refractivity contribution < 1.29 is 4.74 Å². The van der Waals surface area contributed by atoms with Crippen LogP contribution < -0.4 is 4.74 Å². The minimum absolute atomic E-state index is 0.186. The first kappa shape index (κ1) is 8.05. The Kier molecular flexibility index (Phi) is 2.05. The van der Waals surface area contributed by atoms with Crippen molar-refractivity contribution in [1.82, 2.24) is 4.98 Å². The molecule has 1 aliphatic rings. The van der Waals surface area contributed by atoms with Crippen molar-refractivity contribution in [2.45, 2.75) is 19.3 Å². The molecule has 65 valence electrons. The highest BCUT2D eigenvalue weighted by Crippen LogP contribution is 2.40. The zero-order chi connectivity index (χ0) is 8.44. The molecule has 1 fully saturated rings. The second kappa shape index (κ2) is 3.05. The molecule has 1 aliphatic carbocycles. The molecule has 0 aromatic carbocycles. The largest absolute Gasteiger partial charge is 0.469 e. The average Bonchev–Trinajstić information content (AvgIpc) is 2.49. The van der Waals surface area contributed by atoms with Gasteiger partial charge in [0.05, 0.1) is 6.61 Å². The zero-order valence-corrected chi connectivity index (χ0v) is 7.77. The number of ether oxygens (including phenoxy) is 1. The quantitative estimate of drug-likeness (QED) is 0.716. The van der Waals surface area contributed by atoms with Gasteiger partial charge < -0.3 is 4.74 Å². The molecule has 1 saturated carbocycles. The van der Waals surface area contributed by atoms with E-state index in [0.29, 0.717) is 0 Å². The van der Waals surface area contributed by atoms with Gasteiger partial charge in [0.25, 0.3) is 5.19 Å². The van der Waals surface area contributed by atoms with Crippen LogP contribution in [0, 0.1) is 12.3 Å². The maximum absolute atomic E-state index is 5.50. The summed E-state index contributed by atoms with van der Waals surface area (Å²) in [5.41, 5.74) is 0.186. The van der Waals surface area contributed by atoms with Crippen LogP contribution in [0.1, 0.15) is 19.3 Å². The third-order valence-corrected chi connectivity index (χ3v) is 3.01. The number of thiazole rings is 1. The summed E-state index contributed by atoms with van der Waals surface area (Å²) >= 11 is 1.54. The van der Waals surface area contributed by atoms with Crippen molar-refractivity contribution in [3.63, 3.8) is 0 Å². The summed E-state index contributed by atoms with van der Waals surface area (Å²) in [6.07, 6.45) is 5.44. The molecule has 2 rings (SSSR count). The first-order chi connectivity index (χ1) is 5.79. The third-order valence-electron chi connectivity index (χ3n) is 2.33. The first-order valence-corrected chi connectivity index (χ1v) is 5.04. The second-order valence-corrected chi connectivity index (χ2v) is 4.30. The summed E-state index contributed by atoms with van der Waals surface area (Å²) in [4.78, 5) is 4.05. The molecule has 0 unspecified atom stereocenters. The number of rotatable bonds is 3. The highest BCUT2D eigenvalue weighted by atomic mass is 32.1. The summed E-state index contributed by atoms with van der Waals surface area (Å²) in [6, 6.07) is 0. The highest BCUT2D eigenvalue weighted by molar-refractivity contribution is 7.11. The van der Waals surface area contributed by atoms with Crippen LogP contribution in [0.5, 0.6) is 5.19 Å². The van der Waals surface area contributed by atoms with Crippen LogP contribution in [-0.2, 0) is 0 Å². The summed E-state index contributed by atoms with van der Waals surface area (Å²) in [6.45, 7) is 4.85. The van der Waals surface area contributed by atoms with Crippen LogP contribution in [0.15, 0.2) is 11.6 Å². The number of hydrogen-bond donors (Lipinski definition) is 0. The number of aromatic nitrogens is 1. The van der Waals surface area contributed by atoms with Crippen LogP contribution >= 0.6 is 11.3 Å². The Morgan fingerprint density at radius 1 is 1.67 bits per heavy atom. The molecule has 3 heteroatoms. The molecule has 0 saturated heterocycles. The smallest absolute Gasteiger partial charge is 0.273 e. The minimum atomic E-state index is 0.186. The van der Waals surface area contributed by atoms with E-state index in [-0.39, 0.29) is 5.41 Å². The van der Waals surface area contributed by atoms with Gasteiger partial charge in [-0.15, -0.1) is 0 Å². The standard InChI is InChI=1S/C9H12NOS/c1-9(3-2-4-9)7-11-8-10-5-6-12-8/h5-6H,1-4,7H2. The molecule has 0 N–H and O–H groups in total. The van der Waals surface area contributed by atoms with Crippen LogP contribution in [-0.4, -0.2) is 11.6 Å². The van der Waals surface area contributed by atoms with E-state index >= 15 is 0 Å². The first-order valence-electron chi connectivity index (χ1n) is 4.16. The molecule has 1 heterocycles. The van der Waals surface area contributed by atoms with Crippen LogP contribution in [0.25, 0.3) is 0 Å². The normalized spacial score (nSPS) is 20.1. The third kappa shape index (κ3) is 1.61. The van der Waals surface area contributed by atoms with E-state index in [0.717, 1.165) is 11.8 Å². The molecule has 1 aromatic heterocycles. The van der Waals surface area contributed by atoms with Crippen molar-refractivity contribution in [3.05, 3.63) is 18.5 Å². The molecular formula is C9H12NOS. The fourth-order valence-electron chi connectivity index (χ4n) is 1.32. The van der Waals surface area contributed by atoms with Crippen LogP contribution in [0.4, 0.5) is 0 Å². The Morgan fingerprint density at radius 3 is 3.00 bits per heavy atom. The number of nitrogens with zero attached hydrogens (tertiary/aromatic N) is 1. The molecular weight excluding hydrogens is 170 g/mol. The molecule has 1 aromatic rings. The van der Waals surface area contributed by atoms with E-state index in [2.05, 4.69) is 11.9 Å². The summed E-state index contributed by atoms with van der Waals surface area (Å²) in [7, 11) is 0. The maximum Gasteiger partial charge on any atom is 0.273 e. The minimum Gasteiger partial charge on any atom is -0.469 e. The maximum atomic E-state index is 5.50. The summed E-state index contributed by atoms with van der Waals surface area (Å²) in [5.74, 6) is 0. The van der Waals surface area contributed by atoms with Crippen molar-refractivity contribution >= 4 is 11.3 Å². The van der Waals surface area contributed by atoms with Gasteiger partial charge >= 0.3 is 0 Å². The van der Waals surface area contributed by atoms with Gasteiger partial charge in [0.2, 0.25) is 0 Å². The molecule has 2 nitrogen and oxygen atoms in total. The van der Waals surface area contributed by atoms with Gasteiger partial charge in [-0.3, -0.25) is 0 Å². The van der Waals surface area contributed by atoms with E-state index in [1.54, 1.807) is 6.20 Å². The zero-order valence-electron chi connectivity index (χ0n) is 6.95. The van der Waals surface area contributed by atoms with Crippen LogP contribution in [0.2, 0.25) is 0 Å². The molecule has 0 amide bonds. The van der Waals surface area contributed by atoms with Gasteiger partial charge in [-0.05, 0) is 19.8 Å². The van der Waals surface area contributed by atoms with Gasteiger partial charge in [-0.2, -0.15) is 0 Å². The fraction of sp³-hybridized carbons (Fsp3) is 0.556.